The minimum atomic E-state index is -0.472. The van der Waals surface area contributed by atoms with Crippen LogP contribution in [0, 0.1) is 5.92 Å². The van der Waals surface area contributed by atoms with Crippen LogP contribution < -0.4 is 17.7 Å². The molecule has 0 saturated heterocycles. The number of benzene rings is 1. The summed E-state index contributed by atoms with van der Waals surface area (Å²) in [5, 5.41) is 12.3. The Morgan fingerprint density at radius 3 is 2.55 bits per heavy atom. The molecule has 20 heavy (non-hydrogen) atoms. The van der Waals surface area contributed by atoms with Crippen LogP contribution >= 0.6 is 0 Å². The molecule has 1 saturated carbocycles. The largest absolute Gasteiger partial charge is 1.00 e. The molecular weight excluding hydrogens is 274 g/mol. The van der Waals surface area contributed by atoms with Crippen molar-refractivity contribution in [3.63, 3.8) is 0 Å². The average Bonchev–Trinajstić information content (AvgIpc) is 2.36. The van der Waals surface area contributed by atoms with Crippen molar-refractivity contribution >= 4 is 5.78 Å². The van der Waals surface area contributed by atoms with Crippen molar-refractivity contribution in [1.29, 1.82) is 0 Å². The lowest BCUT2D eigenvalue weighted by Crippen LogP contribution is -3.00. The zero-order valence-electron chi connectivity index (χ0n) is 12.0. The molecule has 112 valence electrons. The van der Waals surface area contributed by atoms with Crippen LogP contribution in [-0.2, 0) is 4.79 Å². The molecule has 0 spiro atoms. The number of aliphatic hydroxyl groups is 1. The molecule has 1 aliphatic carbocycles. The normalized spacial score (nSPS) is 17.7. The molecule has 1 fully saturated rings. The first kappa shape index (κ1) is 17.2. The number of rotatable bonds is 7. The molecule has 0 amide bonds. The fourth-order valence-electron chi connectivity index (χ4n) is 2.51. The van der Waals surface area contributed by atoms with E-state index < -0.39 is 6.10 Å². The molecule has 2 rings (SSSR count). The van der Waals surface area contributed by atoms with E-state index in [4.69, 9.17) is 0 Å². The maximum absolute atomic E-state index is 11.8. The Morgan fingerprint density at radius 2 is 2.00 bits per heavy atom. The van der Waals surface area contributed by atoms with E-state index in [-0.39, 0.29) is 18.4 Å². The first-order valence-corrected chi connectivity index (χ1v) is 7.27. The lowest BCUT2D eigenvalue weighted by atomic mass is 9.81. The van der Waals surface area contributed by atoms with Gasteiger partial charge in [0.25, 0.3) is 0 Å². The fourth-order valence-corrected chi connectivity index (χ4v) is 2.51. The number of carbonyl (C=O) groups excluding carboxylic acids is 1. The van der Waals surface area contributed by atoms with E-state index in [1.54, 1.807) is 0 Å². The summed E-state index contributed by atoms with van der Waals surface area (Å²) in [7, 11) is 0. The van der Waals surface area contributed by atoms with Gasteiger partial charge in [-0.1, -0.05) is 36.8 Å². The van der Waals surface area contributed by atoms with Gasteiger partial charge in [-0.3, -0.25) is 4.79 Å². The smallest absolute Gasteiger partial charge is 0.141 e. The maximum Gasteiger partial charge on any atom is 0.141 e. The van der Waals surface area contributed by atoms with Gasteiger partial charge in [0.15, 0.2) is 0 Å². The molecule has 1 aromatic rings. The van der Waals surface area contributed by atoms with Crippen molar-refractivity contribution in [2.24, 2.45) is 5.92 Å². The molecule has 0 heterocycles. The summed E-state index contributed by atoms with van der Waals surface area (Å²) in [6.45, 7) is 2.78. The maximum atomic E-state index is 11.8. The van der Waals surface area contributed by atoms with Crippen molar-refractivity contribution in [2.75, 3.05) is 6.54 Å². The fraction of sp³-hybridized carbons (Fsp3) is 0.562. The van der Waals surface area contributed by atoms with Crippen LogP contribution in [0.1, 0.15) is 44.3 Å². The van der Waals surface area contributed by atoms with Crippen molar-refractivity contribution in [3.8, 4) is 0 Å². The SMILES string of the molecule is CC([NH2+]CCC(=O)C1CCC1)C(O)c1ccccc1.[Cl-]. The van der Waals surface area contributed by atoms with E-state index in [1.165, 1.54) is 6.42 Å². The zero-order valence-corrected chi connectivity index (χ0v) is 12.7. The van der Waals surface area contributed by atoms with E-state index in [9.17, 15) is 9.90 Å². The number of carbonyl (C=O) groups is 1. The third-order valence-corrected chi connectivity index (χ3v) is 4.13. The van der Waals surface area contributed by atoms with Gasteiger partial charge in [0.2, 0.25) is 0 Å². The summed E-state index contributed by atoms with van der Waals surface area (Å²) >= 11 is 0. The van der Waals surface area contributed by atoms with Gasteiger partial charge in [0, 0.05) is 5.92 Å². The Kier molecular flexibility index (Phi) is 7.20. The second-order valence-electron chi connectivity index (χ2n) is 5.58. The van der Waals surface area contributed by atoms with Crippen molar-refractivity contribution < 1.29 is 27.6 Å². The summed E-state index contributed by atoms with van der Waals surface area (Å²) < 4.78 is 0. The highest BCUT2D eigenvalue weighted by atomic mass is 35.5. The second kappa shape index (κ2) is 8.40. The minimum Gasteiger partial charge on any atom is -1.00 e. The number of nitrogens with two attached hydrogens (primary N) is 1. The lowest BCUT2D eigenvalue weighted by Gasteiger charge is -2.24. The molecule has 2 unspecified atom stereocenters. The lowest BCUT2D eigenvalue weighted by molar-refractivity contribution is -0.693. The standard InChI is InChI=1S/C16H23NO2.ClH/c1-12(16(19)14-6-3-2-4-7-14)17-11-10-15(18)13-8-5-9-13;/h2-4,6-7,12-13,16-17,19H,5,8-11H2,1H3;1H. The minimum absolute atomic E-state index is 0. The predicted molar refractivity (Wildman–Crippen MR) is 74.6 cm³/mol. The molecule has 1 aromatic carbocycles. The van der Waals surface area contributed by atoms with Crippen molar-refractivity contribution in [1.82, 2.24) is 0 Å². The van der Waals surface area contributed by atoms with Gasteiger partial charge in [0.05, 0.1) is 13.0 Å². The summed E-state index contributed by atoms with van der Waals surface area (Å²) in [6, 6.07) is 9.78. The highest BCUT2D eigenvalue weighted by molar-refractivity contribution is 5.81. The van der Waals surface area contributed by atoms with Gasteiger partial charge in [-0.2, -0.15) is 0 Å². The monoisotopic (exact) mass is 297 g/mol. The molecule has 0 aliphatic heterocycles. The van der Waals surface area contributed by atoms with E-state index in [0.29, 0.717) is 18.1 Å². The van der Waals surface area contributed by atoms with Crippen LogP contribution in [0.25, 0.3) is 0 Å². The van der Waals surface area contributed by atoms with Crippen LogP contribution in [-0.4, -0.2) is 23.5 Å². The van der Waals surface area contributed by atoms with Crippen LogP contribution in [0.2, 0.25) is 0 Å². The molecule has 0 radical (unpaired) electrons. The molecule has 4 heteroatoms. The molecule has 3 N–H and O–H groups in total. The van der Waals surface area contributed by atoms with Crippen LogP contribution in [0.15, 0.2) is 30.3 Å². The highest BCUT2D eigenvalue weighted by Gasteiger charge is 2.25. The van der Waals surface area contributed by atoms with E-state index in [0.717, 1.165) is 24.9 Å². The number of Topliss-reactive ketones (excluding diaryl/α,β-unsaturated/α-hetero) is 1. The quantitative estimate of drug-likeness (QED) is 0.639. The van der Waals surface area contributed by atoms with Gasteiger partial charge >= 0.3 is 0 Å². The summed E-state index contributed by atoms with van der Waals surface area (Å²) in [5.41, 5.74) is 0.941. The predicted octanol–water partition coefficient (Wildman–Crippen LogP) is -1.56. The third-order valence-electron chi connectivity index (χ3n) is 4.13. The molecule has 2 atom stereocenters. The van der Waals surface area contributed by atoms with E-state index in [1.807, 2.05) is 37.3 Å². The van der Waals surface area contributed by atoms with Crippen LogP contribution in [0.3, 0.4) is 0 Å². The van der Waals surface area contributed by atoms with Gasteiger partial charge < -0.3 is 22.8 Å². The molecule has 1 aliphatic rings. The number of hydrogen-bond donors (Lipinski definition) is 2. The number of halogens is 1. The Balaban J connectivity index is 0.00000200. The summed E-state index contributed by atoms with van der Waals surface area (Å²) in [4.78, 5) is 11.8. The number of hydrogen-bond acceptors (Lipinski definition) is 2. The Labute approximate surface area is 127 Å². The summed E-state index contributed by atoms with van der Waals surface area (Å²) in [6.07, 6.45) is 3.54. The summed E-state index contributed by atoms with van der Waals surface area (Å²) in [5.74, 6) is 0.742. The number of aliphatic hydroxyl groups excluding tert-OH is 1. The molecular formula is C16H24ClNO2. The van der Waals surface area contributed by atoms with Gasteiger partial charge in [-0.25, -0.2) is 0 Å². The van der Waals surface area contributed by atoms with Crippen LogP contribution in [0.4, 0.5) is 0 Å². The number of ketones is 1. The zero-order chi connectivity index (χ0) is 13.7. The Hall–Kier alpha value is -0.900. The van der Waals surface area contributed by atoms with Gasteiger partial charge in [0.1, 0.15) is 17.9 Å². The van der Waals surface area contributed by atoms with E-state index >= 15 is 0 Å². The molecule has 3 nitrogen and oxygen atoms in total. The Bertz CT molecular complexity index is 406. The second-order valence-corrected chi connectivity index (χ2v) is 5.58. The van der Waals surface area contributed by atoms with Gasteiger partial charge in [-0.15, -0.1) is 0 Å². The first-order chi connectivity index (χ1) is 9.18. The number of quaternary nitrogens is 1. The van der Waals surface area contributed by atoms with Gasteiger partial charge in [-0.05, 0) is 25.3 Å². The highest BCUT2D eigenvalue weighted by Crippen LogP contribution is 2.27. The average molecular weight is 298 g/mol. The van der Waals surface area contributed by atoms with Crippen molar-refractivity contribution in [2.45, 2.75) is 44.8 Å². The van der Waals surface area contributed by atoms with Crippen LogP contribution in [0.5, 0.6) is 0 Å². The first-order valence-electron chi connectivity index (χ1n) is 7.27. The van der Waals surface area contributed by atoms with Crippen molar-refractivity contribution in [3.05, 3.63) is 35.9 Å². The topological polar surface area (TPSA) is 53.9 Å². The molecule has 0 aromatic heterocycles. The molecule has 0 bridgehead atoms. The van der Waals surface area contributed by atoms with E-state index in [2.05, 4.69) is 5.32 Å². The third kappa shape index (κ3) is 4.58. The Morgan fingerprint density at radius 1 is 1.35 bits per heavy atom.